The fraction of sp³-hybridized carbons (Fsp3) is 0.575. The number of allylic oxidation sites excluding steroid dienone is 1. The molecular weight excluding hydrogens is 727 g/mol. The number of hydrogen-bond donors (Lipinski definition) is 2. The van der Waals surface area contributed by atoms with Gasteiger partial charge in [-0.25, -0.2) is 18.4 Å². The molecular formula is C40H55N5O7S2. The van der Waals surface area contributed by atoms with Crippen molar-refractivity contribution >= 4 is 50.5 Å². The number of thiazole rings is 1. The molecule has 54 heavy (non-hydrogen) atoms. The van der Waals surface area contributed by atoms with E-state index in [-0.39, 0.29) is 30.4 Å². The molecule has 14 heteroatoms. The molecule has 3 atom stereocenters. The maximum atomic E-state index is 13.7. The Morgan fingerprint density at radius 1 is 1.11 bits per heavy atom. The number of carbonyl (C=O) groups is 3. The van der Waals surface area contributed by atoms with Gasteiger partial charge < -0.3 is 19.7 Å². The van der Waals surface area contributed by atoms with Gasteiger partial charge in [-0.3, -0.25) is 19.1 Å². The standard InChI is InChI=1S/C35H46N4O4S.C5H9NO3S/c1-6-24-14-12-10-8-7-9-11-13-15-32(40)39-20-25(18-29(39)34(41)36-24)43-31-19-27(35-38-28(21-44-35)22(2)3)37-33-23(4)30(42-5)17-16-26(31)33;1-5(2-3-5)10(8,9)6-4-7/h10,12,16-17,19,21-22,24-25,29H,6-9,11,13-15,18,20H2,1-5H3,(H,36,41);4H,2-3H2,1H3,(H,6,7)/b12-10-;/t24?,25-,29?;/m1./s1. The maximum absolute atomic E-state index is 13.7. The molecule has 1 saturated carbocycles. The number of benzene rings is 1. The zero-order valence-electron chi connectivity index (χ0n) is 32.4. The summed E-state index contributed by atoms with van der Waals surface area (Å²) >= 11 is 1.57. The molecule has 6 rings (SSSR count). The first-order valence-corrected chi connectivity index (χ1v) is 21.5. The van der Waals surface area contributed by atoms with Gasteiger partial charge in [-0.2, -0.15) is 0 Å². The van der Waals surface area contributed by atoms with Gasteiger partial charge in [-0.15, -0.1) is 11.3 Å². The van der Waals surface area contributed by atoms with Gasteiger partial charge in [0.05, 0.1) is 29.6 Å². The van der Waals surface area contributed by atoms with E-state index in [4.69, 9.17) is 19.4 Å². The van der Waals surface area contributed by atoms with Crippen LogP contribution < -0.4 is 19.5 Å². The van der Waals surface area contributed by atoms with Gasteiger partial charge >= 0.3 is 0 Å². The Morgan fingerprint density at radius 2 is 1.87 bits per heavy atom. The number of nitrogens with zero attached hydrogens (tertiary/aromatic N) is 3. The highest BCUT2D eigenvalue weighted by Crippen LogP contribution is 2.42. The second kappa shape index (κ2) is 18.1. The molecule has 2 fully saturated rings. The van der Waals surface area contributed by atoms with Crippen molar-refractivity contribution < 1.29 is 32.3 Å². The summed E-state index contributed by atoms with van der Waals surface area (Å²) < 4.78 is 35.4. The molecule has 2 aromatic heterocycles. The summed E-state index contributed by atoms with van der Waals surface area (Å²) in [5.74, 6) is 1.68. The highest BCUT2D eigenvalue weighted by Gasteiger charge is 2.50. The lowest BCUT2D eigenvalue weighted by atomic mass is 10.1. The van der Waals surface area contributed by atoms with Crippen molar-refractivity contribution in [1.29, 1.82) is 0 Å². The van der Waals surface area contributed by atoms with Crippen molar-refractivity contribution in [2.45, 2.75) is 134 Å². The number of aromatic nitrogens is 2. The first-order chi connectivity index (χ1) is 25.8. The molecule has 0 bridgehead atoms. The van der Waals surface area contributed by atoms with Crippen molar-refractivity contribution in [3.8, 4) is 22.2 Å². The van der Waals surface area contributed by atoms with Crippen LogP contribution in [0.2, 0.25) is 0 Å². The van der Waals surface area contributed by atoms with Crippen LogP contribution in [0.25, 0.3) is 21.6 Å². The zero-order valence-corrected chi connectivity index (χ0v) is 34.0. The van der Waals surface area contributed by atoms with Crippen LogP contribution in [-0.2, 0) is 24.4 Å². The third-order valence-corrected chi connectivity index (χ3v) is 13.6. The van der Waals surface area contributed by atoms with E-state index in [1.165, 1.54) is 0 Å². The zero-order chi connectivity index (χ0) is 39.0. The SMILES string of the molecule is CC1(S(=O)(=O)NC=O)CC1.CCC1C/C=C\CCCCCCC(=O)N2C[C@H](Oc3cc(-c4nc(C(C)C)cs4)nc4c(C)c(OC)ccc34)CC2C(=O)N1. The number of ether oxygens (including phenoxy) is 2. The van der Waals surface area contributed by atoms with Crippen molar-refractivity contribution in [1.82, 2.24) is 24.9 Å². The number of aryl methyl sites for hydroxylation is 1. The van der Waals surface area contributed by atoms with Gasteiger partial charge in [0.2, 0.25) is 28.2 Å². The number of methoxy groups -OCH3 is 1. The van der Waals surface area contributed by atoms with Gasteiger partial charge in [0.25, 0.3) is 0 Å². The summed E-state index contributed by atoms with van der Waals surface area (Å²) in [6.45, 7) is 10.3. The molecule has 0 radical (unpaired) electrons. The fourth-order valence-electron chi connectivity index (χ4n) is 6.75. The molecule has 1 aromatic carbocycles. The second-order valence-corrected chi connectivity index (χ2v) is 18.1. The Labute approximate surface area is 323 Å². The third-order valence-electron chi connectivity index (χ3n) is 10.6. The quantitative estimate of drug-likeness (QED) is 0.173. The Kier molecular flexibility index (Phi) is 13.8. The molecule has 2 unspecified atom stereocenters. The Morgan fingerprint density at radius 3 is 2.54 bits per heavy atom. The average molecular weight is 782 g/mol. The Hall–Kier alpha value is -4.04. The van der Waals surface area contributed by atoms with Crippen LogP contribution in [0.5, 0.6) is 11.5 Å². The number of rotatable bonds is 9. The largest absolute Gasteiger partial charge is 0.496 e. The minimum atomic E-state index is -3.35. The van der Waals surface area contributed by atoms with Crippen LogP contribution in [0.4, 0.5) is 0 Å². The van der Waals surface area contributed by atoms with Crippen LogP contribution in [0, 0.1) is 6.92 Å². The first kappa shape index (κ1) is 41.1. The monoisotopic (exact) mass is 781 g/mol. The topological polar surface area (TPSA) is 157 Å². The summed E-state index contributed by atoms with van der Waals surface area (Å²) in [4.78, 5) is 48.6. The Balaban J connectivity index is 0.000000486. The summed E-state index contributed by atoms with van der Waals surface area (Å²) in [5.41, 5.74) is 3.48. The van der Waals surface area contributed by atoms with Crippen molar-refractivity contribution in [3.63, 3.8) is 0 Å². The van der Waals surface area contributed by atoms with E-state index in [9.17, 15) is 22.8 Å². The number of sulfonamides is 1. The highest BCUT2D eigenvalue weighted by atomic mass is 32.2. The lowest BCUT2D eigenvalue weighted by Crippen LogP contribution is -2.48. The van der Waals surface area contributed by atoms with Crippen LogP contribution in [-0.4, -0.2) is 78.1 Å². The molecule has 12 nitrogen and oxygen atoms in total. The average Bonchev–Trinajstić information content (AvgIpc) is 3.52. The molecule has 3 aromatic rings. The van der Waals surface area contributed by atoms with Crippen molar-refractivity contribution in [2.75, 3.05) is 13.7 Å². The van der Waals surface area contributed by atoms with E-state index < -0.39 is 20.8 Å². The van der Waals surface area contributed by atoms with Crippen molar-refractivity contribution in [3.05, 3.63) is 47.0 Å². The predicted molar refractivity (Wildman–Crippen MR) is 212 cm³/mol. The molecule has 4 heterocycles. The number of fused-ring (bicyclic) bond motifs is 2. The minimum Gasteiger partial charge on any atom is -0.496 e. The molecule has 1 saturated heterocycles. The second-order valence-electron chi connectivity index (χ2n) is 15.0. The molecule has 3 amide bonds. The van der Waals surface area contributed by atoms with Crippen LogP contribution in [0.1, 0.15) is 115 Å². The van der Waals surface area contributed by atoms with Crippen LogP contribution >= 0.6 is 11.3 Å². The minimum absolute atomic E-state index is 0.0298. The maximum Gasteiger partial charge on any atom is 0.243 e. The smallest absolute Gasteiger partial charge is 0.243 e. The Bertz CT molecular complexity index is 1940. The molecule has 3 aliphatic rings. The summed E-state index contributed by atoms with van der Waals surface area (Å²) in [6, 6.07) is 5.34. The van der Waals surface area contributed by atoms with Crippen LogP contribution in [0.15, 0.2) is 35.7 Å². The lowest BCUT2D eigenvalue weighted by Gasteiger charge is -2.25. The fourth-order valence-corrected chi connectivity index (χ4v) is 8.74. The van der Waals surface area contributed by atoms with E-state index in [1.54, 1.807) is 30.3 Å². The van der Waals surface area contributed by atoms with Gasteiger partial charge in [-0.05, 0) is 76.8 Å². The van der Waals surface area contributed by atoms with Gasteiger partial charge in [0.1, 0.15) is 34.3 Å². The summed E-state index contributed by atoms with van der Waals surface area (Å²) in [7, 11) is -1.70. The molecule has 0 spiro atoms. The van der Waals surface area contributed by atoms with Gasteiger partial charge in [0.15, 0.2) is 0 Å². The van der Waals surface area contributed by atoms with Gasteiger partial charge in [-0.1, -0.05) is 45.8 Å². The highest BCUT2D eigenvalue weighted by molar-refractivity contribution is 7.91. The number of hydrogen-bond acceptors (Lipinski definition) is 10. The summed E-state index contributed by atoms with van der Waals surface area (Å²) in [5, 5.41) is 7.01. The number of nitrogens with one attached hydrogen (secondary N) is 2. The molecule has 1 aliphatic carbocycles. The number of amides is 3. The number of pyridine rings is 1. The van der Waals surface area contributed by atoms with Crippen molar-refractivity contribution in [2.24, 2.45) is 0 Å². The third kappa shape index (κ3) is 9.79. The van der Waals surface area contributed by atoms with Gasteiger partial charge in [0, 0.05) is 41.3 Å². The van der Waals surface area contributed by atoms with E-state index in [0.717, 1.165) is 83.6 Å². The van der Waals surface area contributed by atoms with E-state index in [1.807, 2.05) is 29.8 Å². The first-order valence-electron chi connectivity index (χ1n) is 19.1. The van der Waals surface area contributed by atoms with E-state index >= 15 is 0 Å². The van der Waals surface area contributed by atoms with Crippen LogP contribution in [0.3, 0.4) is 0 Å². The lowest BCUT2D eigenvalue weighted by molar-refractivity contribution is -0.138. The normalized spacial score (nSPS) is 22.6. The van der Waals surface area contributed by atoms with E-state index in [2.05, 4.69) is 43.6 Å². The molecule has 294 valence electrons. The summed E-state index contributed by atoms with van der Waals surface area (Å²) in [6.07, 6.45) is 13.2. The molecule has 2 N–H and O–H groups in total. The van der Waals surface area contributed by atoms with E-state index in [0.29, 0.717) is 43.9 Å². The number of carbonyl (C=O) groups excluding carboxylic acids is 3. The molecule has 2 aliphatic heterocycles. The predicted octanol–water partition coefficient (Wildman–Crippen LogP) is 6.96.